The summed E-state index contributed by atoms with van der Waals surface area (Å²) >= 11 is 0. The van der Waals surface area contributed by atoms with Crippen LogP contribution in [0.5, 0.6) is 11.5 Å². The van der Waals surface area contributed by atoms with Crippen molar-refractivity contribution in [3.8, 4) is 11.5 Å². The second-order valence-corrected chi connectivity index (χ2v) is 9.03. The van der Waals surface area contributed by atoms with Gasteiger partial charge in [-0.05, 0) is 74.4 Å². The Labute approximate surface area is 182 Å². The summed E-state index contributed by atoms with van der Waals surface area (Å²) in [6.45, 7) is 7.85. The molecule has 0 radical (unpaired) electrons. The van der Waals surface area contributed by atoms with Gasteiger partial charge in [-0.25, -0.2) is 0 Å². The molecule has 1 aliphatic heterocycles. The van der Waals surface area contributed by atoms with Crippen molar-refractivity contribution in [3.63, 3.8) is 0 Å². The lowest BCUT2D eigenvalue weighted by Crippen LogP contribution is -2.51. The molecule has 30 heavy (non-hydrogen) atoms. The molecule has 0 spiro atoms. The minimum Gasteiger partial charge on any atom is -0.493 e. The summed E-state index contributed by atoms with van der Waals surface area (Å²) in [4.78, 5) is 2.52. The SMILES string of the molecule is COc1ccc(CNCC[C@@]2(Cc3ccccc3)C[C@@H](C)N(C)C[C@@H]2C)cc1OC. The molecule has 4 heteroatoms. The van der Waals surface area contributed by atoms with Gasteiger partial charge in [0.15, 0.2) is 11.5 Å². The minimum absolute atomic E-state index is 0.331. The first-order chi connectivity index (χ1) is 14.5. The zero-order valence-electron chi connectivity index (χ0n) is 19.3. The van der Waals surface area contributed by atoms with Gasteiger partial charge in [0.1, 0.15) is 0 Å². The Morgan fingerprint density at radius 2 is 1.73 bits per heavy atom. The van der Waals surface area contributed by atoms with Crippen LogP contribution in [0, 0.1) is 11.3 Å². The Morgan fingerprint density at radius 3 is 2.43 bits per heavy atom. The standard InChI is InChI=1S/C26H38N2O2/c1-20-19-28(3)21(2)16-26(20,17-22-9-7-6-8-10-22)13-14-27-18-23-11-12-24(29-4)25(15-23)30-5/h6-12,15,20-21,27H,13-14,16-19H2,1-5H3/t20-,21+,26-/m0/s1. The Hall–Kier alpha value is -2.04. The smallest absolute Gasteiger partial charge is 0.161 e. The second kappa shape index (κ2) is 10.3. The van der Waals surface area contributed by atoms with Crippen LogP contribution in [-0.4, -0.2) is 45.3 Å². The van der Waals surface area contributed by atoms with Crippen molar-refractivity contribution in [1.29, 1.82) is 0 Å². The van der Waals surface area contributed by atoms with Crippen molar-refractivity contribution in [2.24, 2.45) is 11.3 Å². The first-order valence-corrected chi connectivity index (χ1v) is 11.1. The highest BCUT2D eigenvalue weighted by molar-refractivity contribution is 5.42. The lowest BCUT2D eigenvalue weighted by molar-refractivity contribution is 0.0132. The van der Waals surface area contributed by atoms with Gasteiger partial charge in [-0.3, -0.25) is 0 Å². The van der Waals surface area contributed by atoms with Crippen molar-refractivity contribution >= 4 is 0 Å². The highest BCUT2D eigenvalue weighted by atomic mass is 16.5. The highest BCUT2D eigenvalue weighted by Gasteiger charge is 2.42. The Balaban J connectivity index is 1.65. The molecule has 1 saturated heterocycles. The van der Waals surface area contributed by atoms with E-state index in [1.165, 1.54) is 30.5 Å². The maximum Gasteiger partial charge on any atom is 0.161 e. The van der Waals surface area contributed by atoms with E-state index in [-0.39, 0.29) is 0 Å². The molecular weight excluding hydrogens is 372 g/mol. The number of benzene rings is 2. The first kappa shape index (κ1) is 22.6. The van der Waals surface area contributed by atoms with Crippen molar-refractivity contribution < 1.29 is 9.47 Å². The highest BCUT2D eigenvalue weighted by Crippen LogP contribution is 2.44. The Kier molecular flexibility index (Phi) is 7.79. The first-order valence-electron chi connectivity index (χ1n) is 11.1. The average molecular weight is 411 g/mol. The fourth-order valence-electron chi connectivity index (χ4n) is 5.00. The number of piperidine rings is 1. The molecule has 0 aromatic heterocycles. The van der Waals surface area contributed by atoms with Gasteiger partial charge in [-0.15, -0.1) is 0 Å². The predicted octanol–water partition coefficient (Wildman–Crippen LogP) is 4.77. The van der Waals surface area contributed by atoms with E-state index >= 15 is 0 Å². The van der Waals surface area contributed by atoms with E-state index in [2.05, 4.69) is 73.6 Å². The zero-order valence-corrected chi connectivity index (χ0v) is 19.3. The van der Waals surface area contributed by atoms with Crippen LogP contribution in [0.4, 0.5) is 0 Å². The van der Waals surface area contributed by atoms with Crippen LogP contribution in [0.2, 0.25) is 0 Å². The molecule has 3 atom stereocenters. The summed E-state index contributed by atoms with van der Waals surface area (Å²) in [6.07, 6.45) is 3.59. The number of ether oxygens (including phenoxy) is 2. The predicted molar refractivity (Wildman–Crippen MR) is 124 cm³/mol. The molecule has 1 fully saturated rings. The summed E-state index contributed by atoms with van der Waals surface area (Å²) in [5.41, 5.74) is 3.01. The largest absolute Gasteiger partial charge is 0.493 e. The molecule has 2 aromatic carbocycles. The van der Waals surface area contributed by atoms with Gasteiger partial charge >= 0.3 is 0 Å². The zero-order chi connectivity index (χ0) is 21.6. The monoisotopic (exact) mass is 410 g/mol. The molecule has 0 unspecified atom stereocenters. The van der Waals surface area contributed by atoms with Gasteiger partial charge < -0.3 is 19.7 Å². The molecule has 1 heterocycles. The third-order valence-corrected chi connectivity index (χ3v) is 7.04. The van der Waals surface area contributed by atoms with Crippen LogP contribution < -0.4 is 14.8 Å². The summed E-state index contributed by atoms with van der Waals surface area (Å²) in [6, 6.07) is 17.8. The van der Waals surface area contributed by atoms with Gasteiger partial charge in [-0.2, -0.15) is 0 Å². The fourth-order valence-corrected chi connectivity index (χ4v) is 5.00. The summed E-state index contributed by atoms with van der Waals surface area (Å²) in [5, 5.41) is 3.68. The van der Waals surface area contributed by atoms with Gasteiger partial charge in [-0.1, -0.05) is 43.3 Å². The van der Waals surface area contributed by atoms with E-state index in [1.807, 2.05) is 6.07 Å². The summed E-state index contributed by atoms with van der Waals surface area (Å²) in [5.74, 6) is 2.23. The van der Waals surface area contributed by atoms with Crippen LogP contribution in [0.25, 0.3) is 0 Å². The maximum absolute atomic E-state index is 5.44. The number of nitrogens with one attached hydrogen (secondary N) is 1. The number of nitrogens with zero attached hydrogens (tertiary/aromatic N) is 1. The molecule has 0 aliphatic carbocycles. The van der Waals surface area contributed by atoms with E-state index in [0.29, 0.717) is 17.4 Å². The van der Waals surface area contributed by atoms with Crippen LogP contribution >= 0.6 is 0 Å². The van der Waals surface area contributed by atoms with Crippen LogP contribution in [-0.2, 0) is 13.0 Å². The minimum atomic E-state index is 0.331. The molecular formula is C26H38N2O2. The topological polar surface area (TPSA) is 33.7 Å². The number of hydrogen-bond donors (Lipinski definition) is 1. The van der Waals surface area contributed by atoms with Crippen molar-refractivity contribution in [1.82, 2.24) is 10.2 Å². The quantitative estimate of drug-likeness (QED) is 0.604. The maximum atomic E-state index is 5.44. The second-order valence-electron chi connectivity index (χ2n) is 9.03. The van der Waals surface area contributed by atoms with Crippen LogP contribution in [0.15, 0.2) is 48.5 Å². The van der Waals surface area contributed by atoms with Crippen molar-refractivity contribution in [2.75, 3.05) is 34.4 Å². The van der Waals surface area contributed by atoms with Crippen LogP contribution in [0.3, 0.4) is 0 Å². The van der Waals surface area contributed by atoms with Crippen molar-refractivity contribution in [2.45, 2.75) is 45.7 Å². The van der Waals surface area contributed by atoms with Gasteiger partial charge in [0.05, 0.1) is 14.2 Å². The molecule has 0 amide bonds. The Morgan fingerprint density at radius 1 is 1.00 bits per heavy atom. The van der Waals surface area contributed by atoms with Gasteiger partial charge in [0.25, 0.3) is 0 Å². The number of hydrogen-bond acceptors (Lipinski definition) is 4. The summed E-state index contributed by atoms with van der Waals surface area (Å²) < 4.78 is 10.8. The number of likely N-dealkylation sites (tertiary alicyclic amines) is 1. The molecule has 4 nitrogen and oxygen atoms in total. The van der Waals surface area contributed by atoms with E-state index in [9.17, 15) is 0 Å². The molecule has 1 aliphatic rings. The van der Waals surface area contributed by atoms with E-state index in [0.717, 1.165) is 31.0 Å². The Bertz CT molecular complexity index is 795. The summed E-state index contributed by atoms with van der Waals surface area (Å²) in [7, 11) is 5.62. The fraction of sp³-hybridized carbons (Fsp3) is 0.538. The van der Waals surface area contributed by atoms with E-state index in [1.54, 1.807) is 14.2 Å². The average Bonchev–Trinajstić information content (AvgIpc) is 2.76. The molecule has 0 bridgehead atoms. The third kappa shape index (κ3) is 5.35. The molecule has 164 valence electrons. The third-order valence-electron chi connectivity index (χ3n) is 7.04. The normalized spacial score (nSPS) is 24.6. The molecule has 0 saturated carbocycles. The van der Waals surface area contributed by atoms with E-state index in [4.69, 9.17) is 9.47 Å². The van der Waals surface area contributed by atoms with Crippen molar-refractivity contribution in [3.05, 3.63) is 59.7 Å². The molecule has 1 N–H and O–H groups in total. The molecule has 3 rings (SSSR count). The number of methoxy groups -OCH3 is 2. The lowest BCUT2D eigenvalue weighted by Gasteiger charge is -2.49. The van der Waals surface area contributed by atoms with Gasteiger partial charge in [0.2, 0.25) is 0 Å². The lowest BCUT2D eigenvalue weighted by atomic mass is 9.63. The van der Waals surface area contributed by atoms with E-state index < -0.39 is 0 Å². The van der Waals surface area contributed by atoms with Crippen LogP contribution in [0.1, 0.15) is 37.8 Å². The van der Waals surface area contributed by atoms with Gasteiger partial charge in [0, 0.05) is 19.1 Å². The number of rotatable bonds is 9. The molecule has 2 aromatic rings.